The fourth-order valence-corrected chi connectivity index (χ4v) is 10.4. The minimum Gasteiger partial charge on any atom is -0.369 e. The third kappa shape index (κ3) is 5.42. The van der Waals surface area contributed by atoms with Crippen molar-refractivity contribution in [3.05, 3.63) is 36.1 Å². The molecule has 6 fully saturated rings. The number of Topliss-reactive ketones (excluding diaryl/α,β-unsaturated/α-hetero) is 1. The zero-order valence-corrected chi connectivity index (χ0v) is 26.6. The van der Waals surface area contributed by atoms with Gasteiger partial charge >= 0.3 is 0 Å². The van der Waals surface area contributed by atoms with Crippen LogP contribution in [0, 0.1) is 17.8 Å². The zero-order chi connectivity index (χ0) is 30.7. The average Bonchev–Trinajstić information content (AvgIpc) is 3.71. The van der Waals surface area contributed by atoms with Gasteiger partial charge in [-0.05, 0) is 70.4 Å². The van der Waals surface area contributed by atoms with Gasteiger partial charge in [-0.3, -0.25) is 29.4 Å². The van der Waals surface area contributed by atoms with Crippen LogP contribution in [0.3, 0.4) is 0 Å². The molecule has 7 aliphatic rings. The highest BCUT2D eigenvalue weighted by atomic mass is 19.1. The van der Waals surface area contributed by atoms with Gasteiger partial charge in [-0.2, -0.15) is 0 Å². The second-order valence-electron chi connectivity index (χ2n) is 15.1. The van der Waals surface area contributed by atoms with Crippen molar-refractivity contribution < 1.29 is 18.7 Å². The molecular weight excluding hydrogens is 571 g/mol. The summed E-state index contributed by atoms with van der Waals surface area (Å²) in [5, 5.41) is 3.06. The predicted molar refractivity (Wildman–Crippen MR) is 167 cm³/mol. The van der Waals surface area contributed by atoms with Crippen LogP contribution in [-0.2, 0) is 14.3 Å². The van der Waals surface area contributed by atoms with Gasteiger partial charge in [0.05, 0.1) is 41.6 Å². The van der Waals surface area contributed by atoms with Gasteiger partial charge in [-0.1, -0.05) is 25.7 Å². The van der Waals surface area contributed by atoms with Crippen molar-refractivity contribution in [2.24, 2.45) is 17.8 Å². The number of alkyl halides is 1. The number of carbonyl (C=O) groups excluding carboxylic acids is 2. The lowest BCUT2D eigenvalue weighted by Gasteiger charge is -2.61. The highest BCUT2D eigenvalue weighted by molar-refractivity contribution is 6.20. The van der Waals surface area contributed by atoms with Gasteiger partial charge in [0.25, 0.3) is 5.91 Å². The summed E-state index contributed by atoms with van der Waals surface area (Å²) in [4.78, 5) is 43.5. The van der Waals surface area contributed by atoms with E-state index in [0.29, 0.717) is 31.0 Å². The van der Waals surface area contributed by atoms with Crippen LogP contribution in [0.15, 0.2) is 30.4 Å². The zero-order valence-electron chi connectivity index (χ0n) is 26.6. The molecule has 0 aromatic carbocycles. The van der Waals surface area contributed by atoms with Crippen LogP contribution in [0.1, 0.15) is 82.7 Å². The van der Waals surface area contributed by atoms with Crippen molar-refractivity contribution in [2.45, 2.75) is 120 Å². The van der Waals surface area contributed by atoms with Crippen LogP contribution in [-0.4, -0.2) is 112 Å². The van der Waals surface area contributed by atoms with Crippen molar-refractivity contribution in [3.63, 3.8) is 0 Å². The molecule has 10 heteroatoms. The van der Waals surface area contributed by atoms with E-state index in [1.807, 2.05) is 12.4 Å². The van der Waals surface area contributed by atoms with Crippen molar-refractivity contribution in [2.75, 3.05) is 32.7 Å². The second kappa shape index (κ2) is 12.3. The number of rotatable bonds is 6. The Balaban J connectivity index is 1.07. The van der Waals surface area contributed by atoms with E-state index in [2.05, 4.69) is 36.9 Å². The first kappa shape index (κ1) is 29.9. The highest BCUT2D eigenvalue weighted by Gasteiger charge is 2.61. The van der Waals surface area contributed by atoms with E-state index in [1.165, 1.54) is 38.5 Å². The fraction of sp³-hybridized carbons (Fsp3) is 0.771. The number of ketones is 1. The normalized spacial score (nSPS) is 41.6. The molecule has 1 aromatic rings. The molecule has 5 heterocycles. The predicted octanol–water partition coefficient (Wildman–Crippen LogP) is 3.47. The second-order valence-corrected chi connectivity index (χ2v) is 15.1. The fourth-order valence-electron chi connectivity index (χ4n) is 10.4. The molecule has 3 saturated carbocycles. The van der Waals surface area contributed by atoms with Gasteiger partial charge in [-0.15, -0.1) is 0 Å². The standard InChI is InChI=1S/C35H49FN6O3/c1-21-5-4-12-40(21)14-11-39-35(44)26-20-42-29-15-22-6-2-3-7-23(22)16-30(29)45-34-31(42)25(33(26)43)17-27(36)32(34)41-13-8-24(19-41)28-18-37-9-10-38-28/h9-10,18,20-25,27,29-32,34H,2-8,11-17,19H2,1H3,(H,39,44). The third-order valence-electron chi connectivity index (χ3n) is 12.7. The highest BCUT2D eigenvalue weighted by Crippen LogP contribution is 2.51. The van der Waals surface area contributed by atoms with Gasteiger partial charge in [0, 0.05) is 62.3 Å². The number of halogens is 1. The van der Waals surface area contributed by atoms with E-state index in [-0.39, 0.29) is 47.8 Å². The number of nitrogens with zero attached hydrogens (tertiary/aromatic N) is 5. The first-order valence-electron chi connectivity index (χ1n) is 17.8. The molecule has 11 atom stereocenters. The topological polar surface area (TPSA) is 90.9 Å². The first-order chi connectivity index (χ1) is 22.0. The van der Waals surface area contributed by atoms with E-state index in [1.54, 1.807) is 12.4 Å². The van der Waals surface area contributed by atoms with Gasteiger partial charge < -0.3 is 15.0 Å². The molecule has 244 valence electrons. The van der Waals surface area contributed by atoms with Gasteiger partial charge in [0.2, 0.25) is 0 Å². The number of nitrogens with one attached hydrogen (secondary N) is 1. The van der Waals surface area contributed by atoms with E-state index >= 15 is 4.39 Å². The number of ether oxygens (including phenoxy) is 1. The number of aromatic nitrogens is 2. The maximum absolute atomic E-state index is 16.5. The Morgan fingerprint density at radius 1 is 1.04 bits per heavy atom. The van der Waals surface area contributed by atoms with Gasteiger partial charge in [-0.25, -0.2) is 4.39 Å². The molecule has 9 nitrogen and oxygen atoms in total. The molecule has 1 amide bonds. The molecule has 3 aliphatic carbocycles. The summed E-state index contributed by atoms with van der Waals surface area (Å²) in [6, 6.07) is -0.0105. The quantitative estimate of drug-likeness (QED) is 0.484. The lowest BCUT2D eigenvalue weighted by atomic mass is 9.64. The van der Waals surface area contributed by atoms with Crippen LogP contribution < -0.4 is 5.32 Å². The van der Waals surface area contributed by atoms with Crippen molar-refractivity contribution in [3.8, 4) is 0 Å². The monoisotopic (exact) mass is 620 g/mol. The Bertz CT molecular complexity index is 1300. The summed E-state index contributed by atoms with van der Waals surface area (Å²) in [5.41, 5.74) is 1.17. The SMILES string of the molecule is CC1CCCN1CCNC(=O)C1=CN2C3CC4CCCCC4CC3OC3C(N4CCC(c5cnccn5)C4)C(F)CC(C1=O)C32. The molecule has 3 saturated heterocycles. The molecule has 0 spiro atoms. The number of carbonyl (C=O) groups is 2. The van der Waals surface area contributed by atoms with Gasteiger partial charge in [0.1, 0.15) is 6.17 Å². The molecule has 0 radical (unpaired) electrons. The smallest absolute Gasteiger partial charge is 0.256 e. The van der Waals surface area contributed by atoms with Crippen molar-refractivity contribution >= 4 is 11.7 Å². The van der Waals surface area contributed by atoms with E-state index in [0.717, 1.165) is 44.6 Å². The molecule has 0 bridgehead atoms. The minimum atomic E-state index is -1.20. The molecule has 8 rings (SSSR count). The van der Waals surface area contributed by atoms with Crippen LogP contribution in [0.5, 0.6) is 0 Å². The Labute approximate surface area is 266 Å². The maximum Gasteiger partial charge on any atom is 0.256 e. The number of amides is 1. The summed E-state index contributed by atoms with van der Waals surface area (Å²) in [5.74, 6) is 0.426. The first-order valence-corrected chi connectivity index (χ1v) is 17.8. The van der Waals surface area contributed by atoms with Crippen LogP contribution in [0.25, 0.3) is 0 Å². The molecular formula is C35H49FN6O3. The largest absolute Gasteiger partial charge is 0.369 e. The summed E-state index contributed by atoms with van der Waals surface area (Å²) in [6.07, 6.45) is 16.0. The lowest BCUT2D eigenvalue weighted by Crippen LogP contribution is -2.73. The van der Waals surface area contributed by atoms with Crippen LogP contribution in [0.4, 0.5) is 4.39 Å². The number of morpholine rings is 1. The van der Waals surface area contributed by atoms with E-state index in [4.69, 9.17) is 4.74 Å². The molecule has 4 aliphatic heterocycles. The summed E-state index contributed by atoms with van der Waals surface area (Å²) >= 11 is 0. The third-order valence-corrected chi connectivity index (χ3v) is 12.7. The van der Waals surface area contributed by atoms with Crippen molar-refractivity contribution in [1.82, 2.24) is 30.0 Å². The number of fused-ring (bicyclic) bond motifs is 3. The van der Waals surface area contributed by atoms with Crippen LogP contribution in [0.2, 0.25) is 0 Å². The number of likely N-dealkylation sites (tertiary alicyclic amines) is 2. The number of hydrogen-bond donors (Lipinski definition) is 1. The summed E-state index contributed by atoms with van der Waals surface area (Å²) in [7, 11) is 0. The van der Waals surface area contributed by atoms with E-state index in [9.17, 15) is 9.59 Å². The number of hydrogen-bond acceptors (Lipinski definition) is 8. The Morgan fingerprint density at radius 3 is 2.67 bits per heavy atom. The summed E-state index contributed by atoms with van der Waals surface area (Å²) < 4.78 is 23.6. The maximum atomic E-state index is 16.5. The average molecular weight is 621 g/mol. The Hall–Kier alpha value is -2.43. The van der Waals surface area contributed by atoms with Crippen molar-refractivity contribution in [1.29, 1.82) is 0 Å². The van der Waals surface area contributed by atoms with Gasteiger partial charge in [0.15, 0.2) is 5.78 Å². The Morgan fingerprint density at radius 2 is 1.89 bits per heavy atom. The van der Waals surface area contributed by atoms with Crippen LogP contribution >= 0.6 is 0 Å². The molecule has 1 aromatic heterocycles. The molecule has 45 heavy (non-hydrogen) atoms. The Kier molecular flexibility index (Phi) is 8.19. The molecule has 11 unspecified atom stereocenters. The molecule has 1 N–H and O–H groups in total. The minimum absolute atomic E-state index is 0.0112. The summed E-state index contributed by atoms with van der Waals surface area (Å²) in [6.45, 7) is 6.07. The lowest BCUT2D eigenvalue weighted by molar-refractivity contribution is -0.219. The van der Waals surface area contributed by atoms with E-state index < -0.39 is 24.2 Å².